The van der Waals surface area contributed by atoms with Gasteiger partial charge in [-0.15, -0.1) is 0 Å². The minimum atomic E-state index is -0.760. The molecule has 12 heteroatoms. The fourth-order valence-corrected chi connectivity index (χ4v) is 6.92. The van der Waals surface area contributed by atoms with Crippen molar-refractivity contribution in [1.29, 1.82) is 0 Å². The standard InChI is InChI=1S/C22H38N4O5S3/c27-18(7-3-2-6-17-21-16(13-34-17)25-22(31)26-21)23-10-11-24-19(28)14-33-12-9-15(32)5-1-4-8-20(29)30/h15-17,21,32H,1-14H2,(H,23,27)(H,24,28)(H,29,30)(H2,25,26,31). The van der Waals surface area contributed by atoms with E-state index in [2.05, 4.69) is 33.9 Å². The van der Waals surface area contributed by atoms with Crippen molar-refractivity contribution >= 4 is 60.0 Å². The van der Waals surface area contributed by atoms with Crippen LogP contribution >= 0.6 is 36.2 Å². The van der Waals surface area contributed by atoms with Crippen LogP contribution in [0.5, 0.6) is 0 Å². The molecule has 2 heterocycles. The number of aliphatic carboxylic acids is 1. The highest BCUT2D eigenvalue weighted by Crippen LogP contribution is 2.33. The maximum atomic E-state index is 12.0. The Morgan fingerprint density at radius 3 is 2.56 bits per heavy atom. The third-order valence-electron chi connectivity index (χ3n) is 5.86. The molecule has 34 heavy (non-hydrogen) atoms. The molecule has 0 aliphatic carbocycles. The SMILES string of the molecule is O=C(O)CCCCC(S)CCSCC(=O)NCCNC(=O)CCCCC1SCC2NC(=O)NC21. The summed E-state index contributed by atoms with van der Waals surface area (Å²) in [5, 5.41) is 20.9. The molecule has 2 rings (SSSR count). The van der Waals surface area contributed by atoms with Crippen molar-refractivity contribution in [3.8, 4) is 0 Å². The van der Waals surface area contributed by atoms with Gasteiger partial charge in [0.05, 0.1) is 17.8 Å². The van der Waals surface area contributed by atoms with Crippen molar-refractivity contribution in [2.45, 2.75) is 80.4 Å². The first-order valence-electron chi connectivity index (χ1n) is 12.0. The Morgan fingerprint density at radius 1 is 1.06 bits per heavy atom. The van der Waals surface area contributed by atoms with E-state index < -0.39 is 5.97 Å². The molecule has 4 amide bonds. The molecule has 0 aromatic heterocycles. The van der Waals surface area contributed by atoms with Gasteiger partial charge in [-0.3, -0.25) is 14.4 Å². The second-order valence-corrected chi connectivity index (χ2v) is 11.8. The Labute approximate surface area is 215 Å². The van der Waals surface area contributed by atoms with E-state index in [4.69, 9.17) is 5.11 Å². The lowest BCUT2D eigenvalue weighted by Crippen LogP contribution is -2.36. The van der Waals surface area contributed by atoms with Gasteiger partial charge in [-0.2, -0.15) is 36.2 Å². The molecule has 5 N–H and O–H groups in total. The van der Waals surface area contributed by atoms with Gasteiger partial charge in [0.1, 0.15) is 0 Å². The van der Waals surface area contributed by atoms with Crippen LogP contribution in [0.1, 0.15) is 57.8 Å². The monoisotopic (exact) mass is 534 g/mol. The lowest BCUT2D eigenvalue weighted by atomic mass is 10.0. The maximum Gasteiger partial charge on any atom is 0.315 e. The number of urea groups is 1. The van der Waals surface area contributed by atoms with Gasteiger partial charge in [-0.25, -0.2) is 4.79 Å². The smallest absolute Gasteiger partial charge is 0.315 e. The summed E-state index contributed by atoms with van der Waals surface area (Å²) in [5.41, 5.74) is 0. The van der Waals surface area contributed by atoms with E-state index in [-0.39, 0.29) is 41.6 Å². The Hall–Kier alpha value is -1.27. The zero-order chi connectivity index (χ0) is 24.8. The van der Waals surface area contributed by atoms with E-state index in [9.17, 15) is 19.2 Å². The van der Waals surface area contributed by atoms with Crippen LogP contribution in [0.4, 0.5) is 4.79 Å². The van der Waals surface area contributed by atoms with Gasteiger partial charge in [0.25, 0.3) is 0 Å². The average Bonchev–Trinajstić information content (AvgIpc) is 3.34. The number of carboxylic acids is 1. The summed E-state index contributed by atoms with van der Waals surface area (Å²) in [7, 11) is 0. The molecular weight excluding hydrogens is 496 g/mol. The first-order valence-corrected chi connectivity index (χ1v) is 14.8. The number of amides is 4. The zero-order valence-electron chi connectivity index (χ0n) is 19.6. The van der Waals surface area contributed by atoms with E-state index in [1.165, 1.54) is 0 Å². The Balaban J connectivity index is 1.37. The first-order chi connectivity index (χ1) is 16.3. The van der Waals surface area contributed by atoms with Crippen LogP contribution in [0.25, 0.3) is 0 Å². The van der Waals surface area contributed by atoms with Crippen LogP contribution in [0.2, 0.25) is 0 Å². The molecule has 4 unspecified atom stereocenters. The van der Waals surface area contributed by atoms with Gasteiger partial charge in [-0.1, -0.05) is 12.8 Å². The maximum absolute atomic E-state index is 12.0. The number of rotatable bonds is 18. The van der Waals surface area contributed by atoms with Crippen molar-refractivity contribution in [2.24, 2.45) is 0 Å². The van der Waals surface area contributed by atoms with Gasteiger partial charge >= 0.3 is 12.0 Å². The summed E-state index contributed by atoms with van der Waals surface area (Å²) in [5.74, 6) is 1.36. The van der Waals surface area contributed by atoms with Gasteiger partial charge < -0.3 is 26.4 Å². The molecule has 2 aliphatic heterocycles. The van der Waals surface area contributed by atoms with Crippen molar-refractivity contribution in [1.82, 2.24) is 21.3 Å². The number of thiol groups is 1. The minimum absolute atomic E-state index is 0.000382. The summed E-state index contributed by atoms with van der Waals surface area (Å²) in [4.78, 5) is 45.8. The Kier molecular flexibility index (Phi) is 14.0. The largest absolute Gasteiger partial charge is 0.481 e. The number of carbonyl (C=O) groups is 4. The molecule has 194 valence electrons. The normalized spacial score (nSPS) is 21.9. The van der Waals surface area contributed by atoms with Gasteiger partial charge in [0, 0.05) is 42.2 Å². The van der Waals surface area contributed by atoms with Gasteiger partial charge in [0.2, 0.25) is 11.8 Å². The summed E-state index contributed by atoms with van der Waals surface area (Å²) in [6.45, 7) is 0.836. The number of hydrogen-bond acceptors (Lipinski definition) is 7. The highest BCUT2D eigenvalue weighted by atomic mass is 32.2. The van der Waals surface area contributed by atoms with Crippen LogP contribution in [0.3, 0.4) is 0 Å². The third kappa shape index (κ3) is 11.9. The lowest BCUT2D eigenvalue weighted by molar-refractivity contribution is -0.137. The Bertz CT molecular complexity index is 685. The quantitative estimate of drug-likeness (QED) is 0.0899. The molecule has 4 atom stereocenters. The number of fused-ring (bicyclic) bond motifs is 1. The lowest BCUT2D eigenvalue weighted by Gasteiger charge is -2.16. The van der Waals surface area contributed by atoms with E-state index >= 15 is 0 Å². The number of nitrogens with one attached hydrogen (secondary N) is 4. The summed E-state index contributed by atoms with van der Waals surface area (Å²) < 4.78 is 0. The molecule has 2 saturated heterocycles. The highest BCUT2D eigenvalue weighted by molar-refractivity contribution is 8.00. The molecule has 0 spiro atoms. The van der Waals surface area contributed by atoms with Crippen LogP contribution < -0.4 is 21.3 Å². The molecule has 2 fully saturated rings. The molecule has 0 aromatic carbocycles. The molecule has 0 aromatic rings. The molecule has 0 bridgehead atoms. The molecule has 9 nitrogen and oxygen atoms in total. The van der Waals surface area contributed by atoms with Crippen LogP contribution in [0.15, 0.2) is 0 Å². The minimum Gasteiger partial charge on any atom is -0.481 e. The number of carbonyl (C=O) groups excluding carboxylic acids is 3. The predicted octanol–water partition coefficient (Wildman–Crippen LogP) is 2.01. The molecule has 0 saturated carbocycles. The van der Waals surface area contributed by atoms with Crippen molar-refractivity contribution in [2.75, 3.05) is 30.3 Å². The van der Waals surface area contributed by atoms with E-state index in [0.29, 0.717) is 36.9 Å². The summed E-state index contributed by atoms with van der Waals surface area (Å²) >= 11 is 7.96. The predicted molar refractivity (Wildman–Crippen MR) is 141 cm³/mol. The van der Waals surface area contributed by atoms with E-state index in [1.807, 2.05) is 11.8 Å². The molecule has 0 radical (unpaired) electrons. The van der Waals surface area contributed by atoms with E-state index in [0.717, 1.165) is 50.0 Å². The fourth-order valence-electron chi connectivity index (χ4n) is 4.00. The number of unbranched alkanes of at least 4 members (excludes halogenated alkanes) is 2. The highest BCUT2D eigenvalue weighted by Gasteiger charge is 2.42. The van der Waals surface area contributed by atoms with Crippen LogP contribution in [-0.4, -0.2) is 81.9 Å². The van der Waals surface area contributed by atoms with Crippen molar-refractivity contribution < 1.29 is 24.3 Å². The Morgan fingerprint density at radius 2 is 1.79 bits per heavy atom. The van der Waals surface area contributed by atoms with Crippen LogP contribution in [0, 0.1) is 0 Å². The fraction of sp³-hybridized carbons (Fsp3) is 0.818. The van der Waals surface area contributed by atoms with E-state index in [1.54, 1.807) is 11.8 Å². The summed E-state index contributed by atoms with van der Waals surface area (Å²) in [6, 6.07) is 0.377. The summed E-state index contributed by atoms with van der Waals surface area (Å²) in [6.07, 6.45) is 6.75. The number of thioether (sulfide) groups is 2. The first kappa shape index (κ1) is 29.0. The second-order valence-electron chi connectivity index (χ2n) is 8.70. The number of carboxylic acid groups (broad SMARTS) is 1. The second kappa shape index (κ2) is 16.4. The molecular formula is C22H38N4O5S3. The van der Waals surface area contributed by atoms with Gasteiger partial charge in [-0.05, 0) is 37.9 Å². The molecule has 2 aliphatic rings. The zero-order valence-corrected chi connectivity index (χ0v) is 22.1. The van der Waals surface area contributed by atoms with Crippen LogP contribution in [-0.2, 0) is 14.4 Å². The topological polar surface area (TPSA) is 137 Å². The average molecular weight is 535 g/mol. The van der Waals surface area contributed by atoms with Crippen molar-refractivity contribution in [3.05, 3.63) is 0 Å². The third-order valence-corrected chi connectivity index (χ3v) is 8.87. The number of hydrogen-bond donors (Lipinski definition) is 6. The van der Waals surface area contributed by atoms with Gasteiger partial charge in [0.15, 0.2) is 0 Å². The van der Waals surface area contributed by atoms with Crippen molar-refractivity contribution in [3.63, 3.8) is 0 Å².